The van der Waals surface area contributed by atoms with Gasteiger partial charge in [0.2, 0.25) is 5.95 Å². The standard InChI is InChI=1S/C13H9FN6O/c1-16-13-19-11-10(17-6-18-11)12(20-13)21-9-3-2-7(5-15)4-8(9)14/h2-4,6H,1H3,(H2,16,17,18,19,20). The number of ether oxygens (including phenoxy) is 1. The highest BCUT2D eigenvalue weighted by molar-refractivity contribution is 5.77. The van der Waals surface area contributed by atoms with Gasteiger partial charge in [-0.2, -0.15) is 15.2 Å². The molecule has 3 aromatic rings. The van der Waals surface area contributed by atoms with Crippen LogP contribution in [0.3, 0.4) is 0 Å². The summed E-state index contributed by atoms with van der Waals surface area (Å²) in [5.74, 6) is -0.235. The third-order valence-corrected chi connectivity index (χ3v) is 2.74. The first kappa shape index (κ1) is 12.8. The highest BCUT2D eigenvalue weighted by atomic mass is 19.1. The lowest BCUT2D eigenvalue weighted by Crippen LogP contribution is -2.00. The molecule has 2 heterocycles. The zero-order valence-electron chi connectivity index (χ0n) is 10.9. The molecule has 0 aliphatic rings. The van der Waals surface area contributed by atoms with Crippen LogP contribution in [-0.4, -0.2) is 27.0 Å². The van der Waals surface area contributed by atoms with Crippen LogP contribution in [0.2, 0.25) is 0 Å². The molecule has 0 saturated carbocycles. The molecule has 0 spiro atoms. The molecule has 2 aromatic heterocycles. The Morgan fingerprint density at radius 3 is 2.95 bits per heavy atom. The third-order valence-electron chi connectivity index (χ3n) is 2.74. The number of fused-ring (bicyclic) bond motifs is 1. The summed E-state index contributed by atoms with van der Waals surface area (Å²) in [6, 6.07) is 5.79. The SMILES string of the molecule is CNc1nc(Oc2ccc(C#N)cc2F)c2[nH]cnc2n1. The molecular formula is C13H9FN6O. The second-order valence-electron chi connectivity index (χ2n) is 4.06. The quantitative estimate of drug-likeness (QED) is 0.764. The van der Waals surface area contributed by atoms with Crippen LogP contribution in [0.1, 0.15) is 5.56 Å². The summed E-state index contributed by atoms with van der Waals surface area (Å²) in [5.41, 5.74) is 1.07. The molecule has 104 valence electrons. The molecule has 0 atom stereocenters. The van der Waals surface area contributed by atoms with Crippen molar-refractivity contribution in [1.82, 2.24) is 19.9 Å². The van der Waals surface area contributed by atoms with Gasteiger partial charge < -0.3 is 15.0 Å². The van der Waals surface area contributed by atoms with Crippen molar-refractivity contribution >= 4 is 17.1 Å². The Bertz CT molecular complexity index is 853. The number of nitrogens with zero attached hydrogens (tertiary/aromatic N) is 4. The lowest BCUT2D eigenvalue weighted by atomic mass is 10.2. The molecule has 2 N–H and O–H groups in total. The van der Waals surface area contributed by atoms with E-state index in [0.717, 1.165) is 6.07 Å². The van der Waals surface area contributed by atoms with E-state index in [4.69, 9.17) is 10.00 Å². The van der Waals surface area contributed by atoms with E-state index in [1.807, 2.05) is 6.07 Å². The van der Waals surface area contributed by atoms with Gasteiger partial charge in [0.25, 0.3) is 5.88 Å². The number of aromatic nitrogens is 4. The van der Waals surface area contributed by atoms with E-state index in [-0.39, 0.29) is 17.2 Å². The lowest BCUT2D eigenvalue weighted by molar-refractivity contribution is 0.431. The van der Waals surface area contributed by atoms with Crippen LogP contribution in [0.25, 0.3) is 11.2 Å². The molecule has 0 bridgehead atoms. The number of nitrogens with one attached hydrogen (secondary N) is 2. The van der Waals surface area contributed by atoms with Crippen LogP contribution in [-0.2, 0) is 0 Å². The maximum Gasteiger partial charge on any atom is 0.250 e. The van der Waals surface area contributed by atoms with Crippen molar-refractivity contribution < 1.29 is 9.13 Å². The van der Waals surface area contributed by atoms with Gasteiger partial charge in [-0.3, -0.25) is 0 Å². The smallest absolute Gasteiger partial charge is 0.250 e. The zero-order chi connectivity index (χ0) is 14.8. The van der Waals surface area contributed by atoms with Crippen molar-refractivity contribution in [1.29, 1.82) is 5.26 Å². The number of hydrogen-bond acceptors (Lipinski definition) is 6. The maximum atomic E-state index is 13.9. The molecular weight excluding hydrogens is 275 g/mol. The monoisotopic (exact) mass is 284 g/mol. The molecule has 8 heteroatoms. The van der Waals surface area contributed by atoms with Gasteiger partial charge >= 0.3 is 0 Å². The highest BCUT2D eigenvalue weighted by Crippen LogP contribution is 2.28. The van der Waals surface area contributed by atoms with Crippen LogP contribution < -0.4 is 10.1 Å². The van der Waals surface area contributed by atoms with Crippen LogP contribution >= 0.6 is 0 Å². The summed E-state index contributed by atoms with van der Waals surface area (Å²) in [6.45, 7) is 0. The van der Waals surface area contributed by atoms with Crippen molar-refractivity contribution in [2.45, 2.75) is 0 Å². The van der Waals surface area contributed by atoms with E-state index < -0.39 is 5.82 Å². The summed E-state index contributed by atoms with van der Waals surface area (Å²) in [4.78, 5) is 15.1. The molecule has 0 fully saturated rings. The molecule has 1 aromatic carbocycles. The van der Waals surface area contributed by atoms with Crippen molar-refractivity contribution in [3.05, 3.63) is 35.9 Å². The summed E-state index contributed by atoms with van der Waals surface area (Å²) in [6.07, 6.45) is 1.45. The van der Waals surface area contributed by atoms with Crippen molar-refractivity contribution in [2.75, 3.05) is 12.4 Å². The van der Waals surface area contributed by atoms with Gasteiger partial charge in [0, 0.05) is 7.05 Å². The fourth-order valence-corrected chi connectivity index (χ4v) is 1.75. The van der Waals surface area contributed by atoms with Crippen molar-refractivity contribution in [3.8, 4) is 17.7 Å². The Kier molecular flexibility index (Phi) is 3.08. The van der Waals surface area contributed by atoms with Crippen molar-refractivity contribution in [3.63, 3.8) is 0 Å². The van der Waals surface area contributed by atoms with Gasteiger partial charge in [-0.25, -0.2) is 9.37 Å². The van der Waals surface area contributed by atoms with E-state index in [2.05, 4.69) is 25.3 Å². The fourth-order valence-electron chi connectivity index (χ4n) is 1.75. The van der Waals surface area contributed by atoms with Crippen LogP contribution in [0.5, 0.6) is 11.6 Å². The predicted molar refractivity (Wildman–Crippen MR) is 72.4 cm³/mol. The first-order chi connectivity index (χ1) is 10.2. The first-order valence-corrected chi connectivity index (χ1v) is 5.97. The Hall–Kier alpha value is -3.21. The highest BCUT2D eigenvalue weighted by Gasteiger charge is 2.14. The minimum atomic E-state index is -0.647. The zero-order valence-corrected chi connectivity index (χ0v) is 10.9. The number of rotatable bonds is 3. The van der Waals surface area contributed by atoms with Gasteiger partial charge in [-0.05, 0) is 18.2 Å². The molecule has 21 heavy (non-hydrogen) atoms. The Morgan fingerprint density at radius 1 is 1.38 bits per heavy atom. The Morgan fingerprint density at radius 2 is 2.24 bits per heavy atom. The molecule has 3 rings (SSSR count). The largest absolute Gasteiger partial charge is 0.434 e. The van der Waals surface area contributed by atoms with Gasteiger partial charge in [0.15, 0.2) is 17.2 Å². The number of nitriles is 1. The molecule has 0 aliphatic heterocycles. The van der Waals surface area contributed by atoms with Gasteiger partial charge in [-0.1, -0.05) is 0 Å². The normalized spacial score (nSPS) is 10.3. The second-order valence-corrected chi connectivity index (χ2v) is 4.06. The van der Waals surface area contributed by atoms with Crippen LogP contribution in [0.4, 0.5) is 10.3 Å². The minimum absolute atomic E-state index is 0.0364. The number of aromatic amines is 1. The van der Waals surface area contributed by atoms with Gasteiger partial charge in [0.1, 0.15) is 5.52 Å². The van der Waals surface area contributed by atoms with Crippen molar-refractivity contribution in [2.24, 2.45) is 0 Å². The molecule has 7 nitrogen and oxygen atoms in total. The minimum Gasteiger partial charge on any atom is -0.434 e. The number of H-pyrrole nitrogens is 1. The molecule has 0 radical (unpaired) electrons. The van der Waals surface area contributed by atoms with E-state index in [1.54, 1.807) is 7.05 Å². The van der Waals surface area contributed by atoms with Crippen LogP contribution in [0, 0.1) is 17.1 Å². The molecule has 0 aliphatic carbocycles. The number of benzene rings is 1. The second kappa shape index (κ2) is 5.05. The van der Waals surface area contributed by atoms with Gasteiger partial charge in [-0.15, -0.1) is 0 Å². The first-order valence-electron chi connectivity index (χ1n) is 5.97. The number of hydrogen-bond donors (Lipinski definition) is 2. The number of halogens is 1. The third kappa shape index (κ3) is 2.32. The van der Waals surface area contributed by atoms with E-state index in [9.17, 15) is 4.39 Å². The average Bonchev–Trinajstić information content (AvgIpc) is 2.97. The summed E-state index contributed by atoms with van der Waals surface area (Å²) >= 11 is 0. The Labute approximate surface area is 118 Å². The predicted octanol–water partition coefficient (Wildman–Crippen LogP) is 2.20. The topological polar surface area (TPSA) is 99.5 Å². The average molecular weight is 284 g/mol. The van der Waals surface area contributed by atoms with Gasteiger partial charge in [0.05, 0.1) is 18.0 Å². The lowest BCUT2D eigenvalue weighted by Gasteiger charge is -2.08. The van der Waals surface area contributed by atoms with E-state index in [0.29, 0.717) is 17.1 Å². The van der Waals surface area contributed by atoms with Crippen LogP contribution in [0.15, 0.2) is 24.5 Å². The molecule has 0 unspecified atom stereocenters. The fraction of sp³-hybridized carbons (Fsp3) is 0.0769. The molecule has 0 amide bonds. The van der Waals surface area contributed by atoms with E-state index in [1.165, 1.54) is 18.5 Å². The van der Waals surface area contributed by atoms with E-state index >= 15 is 0 Å². The molecule has 0 saturated heterocycles. The summed E-state index contributed by atoms with van der Waals surface area (Å²) < 4.78 is 19.3. The Balaban J connectivity index is 2.05. The maximum absolute atomic E-state index is 13.9. The number of anilines is 1. The summed E-state index contributed by atoms with van der Waals surface area (Å²) in [5, 5.41) is 11.5. The summed E-state index contributed by atoms with van der Waals surface area (Å²) in [7, 11) is 1.65. The number of imidazole rings is 1.